The molecule has 6 rings (SSSR count). The molecule has 2 aliphatic rings. The predicted molar refractivity (Wildman–Crippen MR) is 135 cm³/mol. The van der Waals surface area contributed by atoms with Gasteiger partial charge in [0, 0.05) is 42.2 Å². The van der Waals surface area contributed by atoms with Gasteiger partial charge in [0.2, 0.25) is 0 Å². The van der Waals surface area contributed by atoms with Crippen molar-refractivity contribution in [3.8, 4) is 11.5 Å². The lowest BCUT2D eigenvalue weighted by Crippen LogP contribution is -2.27. The standard InChI is InChI=1S/C26H26F4N6O4/c1-13(2)35-20-19(7-8-31-23(20)34-25(35)37)39-18-6-5-14(10-17(18)27)33-24-21(40-24)16-11-32-36(22(16)26(28,29)30)15-4-3-9-38-12-15/h5-8,10-11,13,15,21,24,33H,3-4,9,12H2,1-2H3,(H,31,34,37). The number of anilines is 1. The van der Waals surface area contributed by atoms with Crippen LogP contribution in [0.5, 0.6) is 11.5 Å². The highest BCUT2D eigenvalue weighted by Crippen LogP contribution is 2.46. The van der Waals surface area contributed by atoms with Crippen LogP contribution < -0.4 is 15.7 Å². The summed E-state index contributed by atoms with van der Waals surface area (Å²) in [6, 6.07) is 4.89. The van der Waals surface area contributed by atoms with Gasteiger partial charge < -0.3 is 19.5 Å². The number of nitrogens with one attached hydrogen (secondary N) is 2. The molecule has 3 atom stereocenters. The number of nitrogens with zero attached hydrogens (tertiary/aromatic N) is 4. The Balaban J connectivity index is 1.19. The molecule has 0 amide bonds. The summed E-state index contributed by atoms with van der Waals surface area (Å²) in [7, 11) is 0. The Morgan fingerprint density at radius 1 is 1.23 bits per heavy atom. The molecule has 10 nitrogen and oxygen atoms in total. The predicted octanol–water partition coefficient (Wildman–Crippen LogP) is 5.31. The number of pyridine rings is 1. The average molecular weight is 563 g/mol. The third-order valence-electron chi connectivity index (χ3n) is 6.92. The second-order valence-corrected chi connectivity index (χ2v) is 10.0. The third-order valence-corrected chi connectivity index (χ3v) is 6.92. The van der Waals surface area contributed by atoms with E-state index in [0.717, 1.165) is 10.7 Å². The summed E-state index contributed by atoms with van der Waals surface area (Å²) in [5.41, 5.74) is -0.303. The van der Waals surface area contributed by atoms with Crippen LogP contribution in [0, 0.1) is 5.82 Å². The minimum Gasteiger partial charge on any atom is -0.452 e. The Kier molecular flexibility index (Phi) is 6.53. The lowest BCUT2D eigenvalue weighted by atomic mass is 10.1. The molecule has 2 saturated heterocycles. The molecule has 212 valence electrons. The molecule has 0 spiro atoms. The number of ether oxygens (including phenoxy) is 3. The fraction of sp³-hybridized carbons (Fsp3) is 0.423. The molecule has 0 saturated carbocycles. The van der Waals surface area contributed by atoms with E-state index in [2.05, 4.69) is 20.4 Å². The second-order valence-electron chi connectivity index (χ2n) is 10.0. The second kappa shape index (κ2) is 9.93. The monoisotopic (exact) mass is 562 g/mol. The molecule has 1 aromatic carbocycles. The fourth-order valence-electron chi connectivity index (χ4n) is 5.08. The summed E-state index contributed by atoms with van der Waals surface area (Å²) in [5, 5.41) is 6.93. The van der Waals surface area contributed by atoms with Crippen molar-refractivity contribution in [2.75, 3.05) is 18.5 Å². The van der Waals surface area contributed by atoms with Crippen LogP contribution in [0.2, 0.25) is 0 Å². The van der Waals surface area contributed by atoms with Gasteiger partial charge in [0.05, 0.1) is 18.8 Å². The van der Waals surface area contributed by atoms with E-state index < -0.39 is 36.1 Å². The van der Waals surface area contributed by atoms with Crippen LogP contribution in [0.1, 0.15) is 56.1 Å². The minimum atomic E-state index is -4.64. The van der Waals surface area contributed by atoms with Gasteiger partial charge in [0.1, 0.15) is 17.3 Å². The molecule has 4 aromatic rings. The number of alkyl halides is 3. The van der Waals surface area contributed by atoms with E-state index in [1.54, 1.807) is 0 Å². The van der Waals surface area contributed by atoms with Crippen molar-refractivity contribution < 1.29 is 31.8 Å². The van der Waals surface area contributed by atoms with Crippen LogP contribution in [0.25, 0.3) is 11.2 Å². The molecule has 2 aliphatic heterocycles. The van der Waals surface area contributed by atoms with Crippen molar-refractivity contribution in [3.63, 3.8) is 0 Å². The maximum atomic E-state index is 15.0. The lowest BCUT2D eigenvalue weighted by molar-refractivity contribution is -0.146. The zero-order chi connectivity index (χ0) is 28.2. The van der Waals surface area contributed by atoms with Crippen molar-refractivity contribution in [3.05, 3.63) is 64.2 Å². The SMILES string of the molecule is CC(C)n1c(=O)[nH]c2nccc(Oc3ccc(NC4OC4c4cnn(C5CCCOC5)c4C(F)(F)F)cc3F)c21. The van der Waals surface area contributed by atoms with E-state index in [0.29, 0.717) is 36.3 Å². The summed E-state index contributed by atoms with van der Waals surface area (Å²) in [4.78, 5) is 19.1. The molecule has 0 aliphatic carbocycles. The zero-order valence-electron chi connectivity index (χ0n) is 21.5. The lowest BCUT2D eigenvalue weighted by Gasteiger charge is -2.25. The van der Waals surface area contributed by atoms with Gasteiger partial charge in [-0.3, -0.25) is 14.2 Å². The quantitative estimate of drug-likeness (QED) is 0.232. The number of imidazole rings is 1. The van der Waals surface area contributed by atoms with E-state index >= 15 is 4.39 Å². The number of H-pyrrole nitrogens is 1. The highest BCUT2D eigenvalue weighted by atomic mass is 19.4. The van der Waals surface area contributed by atoms with Crippen molar-refractivity contribution in [2.24, 2.45) is 0 Å². The van der Waals surface area contributed by atoms with Gasteiger partial charge in [-0.15, -0.1) is 0 Å². The topological polar surface area (TPSA) is 112 Å². The van der Waals surface area contributed by atoms with Gasteiger partial charge in [0.15, 0.2) is 29.2 Å². The summed E-state index contributed by atoms with van der Waals surface area (Å²) in [6.07, 6.45) is -2.53. The minimum absolute atomic E-state index is 0.0830. The van der Waals surface area contributed by atoms with Gasteiger partial charge >= 0.3 is 11.9 Å². The van der Waals surface area contributed by atoms with Crippen LogP contribution >= 0.6 is 0 Å². The average Bonchev–Trinajstić information content (AvgIpc) is 3.34. The molecular weight excluding hydrogens is 536 g/mol. The van der Waals surface area contributed by atoms with Gasteiger partial charge in [-0.05, 0) is 38.8 Å². The summed E-state index contributed by atoms with van der Waals surface area (Å²) in [5.74, 6) is -0.588. The fourth-order valence-corrected chi connectivity index (χ4v) is 5.08. The number of halogens is 4. The molecular formula is C26H26F4N6O4. The van der Waals surface area contributed by atoms with Gasteiger partial charge in [-0.2, -0.15) is 18.3 Å². The van der Waals surface area contributed by atoms with Crippen molar-refractivity contribution >= 4 is 16.9 Å². The highest BCUT2D eigenvalue weighted by Gasteiger charge is 2.49. The van der Waals surface area contributed by atoms with E-state index in [9.17, 15) is 18.0 Å². The number of hydrogen-bond donors (Lipinski definition) is 2. The first kappa shape index (κ1) is 26.3. The number of benzene rings is 1. The van der Waals surface area contributed by atoms with Crippen molar-refractivity contribution in [1.29, 1.82) is 0 Å². The molecule has 0 bridgehead atoms. The van der Waals surface area contributed by atoms with E-state index in [-0.39, 0.29) is 35.4 Å². The first-order valence-electron chi connectivity index (χ1n) is 12.8. The van der Waals surface area contributed by atoms with Gasteiger partial charge in [0.25, 0.3) is 0 Å². The van der Waals surface area contributed by atoms with Crippen LogP contribution in [0.3, 0.4) is 0 Å². The Morgan fingerprint density at radius 3 is 2.75 bits per heavy atom. The molecule has 2 fully saturated rings. The van der Waals surface area contributed by atoms with Crippen molar-refractivity contribution in [2.45, 2.75) is 57.3 Å². The van der Waals surface area contributed by atoms with Gasteiger partial charge in [-0.25, -0.2) is 14.2 Å². The molecule has 0 radical (unpaired) electrons. The Labute approximate surface area is 224 Å². The number of epoxide rings is 1. The summed E-state index contributed by atoms with van der Waals surface area (Å²) >= 11 is 0. The molecule has 3 aromatic heterocycles. The summed E-state index contributed by atoms with van der Waals surface area (Å²) in [6.45, 7) is 4.33. The van der Waals surface area contributed by atoms with E-state index in [1.165, 1.54) is 35.2 Å². The van der Waals surface area contributed by atoms with E-state index in [1.807, 2.05) is 13.8 Å². The van der Waals surface area contributed by atoms with Crippen LogP contribution in [0.4, 0.5) is 23.2 Å². The maximum absolute atomic E-state index is 15.0. The Bertz CT molecular complexity index is 1600. The number of rotatable bonds is 7. The third kappa shape index (κ3) is 4.81. The first-order valence-corrected chi connectivity index (χ1v) is 12.8. The zero-order valence-corrected chi connectivity index (χ0v) is 21.5. The largest absolute Gasteiger partial charge is 0.452 e. The van der Waals surface area contributed by atoms with Crippen LogP contribution in [-0.2, 0) is 15.7 Å². The molecule has 3 unspecified atom stereocenters. The molecule has 5 heterocycles. The number of aromatic nitrogens is 5. The molecule has 14 heteroatoms. The highest BCUT2D eigenvalue weighted by molar-refractivity contribution is 5.78. The normalized spacial score (nSPS) is 21.2. The Hall–Kier alpha value is -3.91. The number of aromatic amines is 1. The van der Waals surface area contributed by atoms with E-state index in [4.69, 9.17) is 14.2 Å². The number of fused-ring (bicyclic) bond motifs is 1. The Morgan fingerprint density at radius 2 is 2.05 bits per heavy atom. The first-order chi connectivity index (χ1) is 19.1. The molecule has 40 heavy (non-hydrogen) atoms. The number of hydrogen-bond acceptors (Lipinski definition) is 7. The van der Waals surface area contributed by atoms with Crippen molar-refractivity contribution in [1.82, 2.24) is 24.3 Å². The van der Waals surface area contributed by atoms with Crippen LogP contribution in [0.15, 0.2) is 41.5 Å². The van der Waals surface area contributed by atoms with Gasteiger partial charge in [-0.1, -0.05) is 0 Å². The smallest absolute Gasteiger partial charge is 0.433 e. The molecule has 2 N–H and O–H groups in total. The maximum Gasteiger partial charge on any atom is 0.433 e. The summed E-state index contributed by atoms with van der Waals surface area (Å²) < 4.78 is 76.2. The van der Waals surface area contributed by atoms with Crippen LogP contribution in [-0.4, -0.2) is 43.8 Å².